The molecule has 26 heavy (non-hydrogen) atoms. The number of nitrogens with one attached hydrogen (secondary N) is 2. The topological polar surface area (TPSA) is 89.0 Å². The molecule has 2 aromatic heterocycles. The molecule has 0 aliphatic heterocycles. The number of methoxy groups -OCH3 is 1. The molecule has 2 heterocycles. The number of hydrogen-bond donors (Lipinski definition) is 2. The lowest BCUT2D eigenvalue weighted by molar-refractivity contribution is 0.0946. The van der Waals surface area contributed by atoms with Crippen molar-refractivity contribution in [2.24, 2.45) is 0 Å². The molecular weight excluding hydrogens is 330 g/mol. The van der Waals surface area contributed by atoms with Gasteiger partial charge in [-0.05, 0) is 41.5 Å². The zero-order valence-electron chi connectivity index (χ0n) is 14.3. The van der Waals surface area contributed by atoms with Gasteiger partial charge in [0.15, 0.2) is 0 Å². The fourth-order valence-corrected chi connectivity index (χ4v) is 2.27. The molecule has 7 nitrogen and oxygen atoms in total. The minimum absolute atomic E-state index is 0.253. The van der Waals surface area contributed by atoms with Crippen LogP contribution in [0.5, 0.6) is 5.75 Å². The zero-order valence-corrected chi connectivity index (χ0v) is 14.3. The van der Waals surface area contributed by atoms with E-state index in [0.717, 1.165) is 16.9 Å². The molecule has 0 aliphatic carbocycles. The second-order valence-electron chi connectivity index (χ2n) is 5.51. The van der Waals surface area contributed by atoms with E-state index in [1.807, 2.05) is 36.4 Å². The number of amides is 1. The first kappa shape index (κ1) is 17.3. The number of pyridine rings is 1. The second kappa shape index (κ2) is 8.57. The fourth-order valence-electron chi connectivity index (χ4n) is 2.27. The largest absolute Gasteiger partial charge is 0.497 e. The third-order valence-electron chi connectivity index (χ3n) is 3.70. The van der Waals surface area contributed by atoms with Crippen molar-refractivity contribution in [2.75, 3.05) is 12.4 Å². The summed E-state index contributed by atoms with van der Waals surface area (Å²) in [6.45, 7) is 0.964. The van der Waals surface area contributed by atoms with Gasteiger partial charge in [-0.2, -0.15) is 0 Å². The van der Waals surface area contributed by atoms with Gasteiger partial charge in [0.1, 0.15) is 11.4 Å². The second-order valence-corrected chi connectivity index (χ2v) is 5.51. The molecule has 0 atom stereocenters. The van der Waals surface area contributed by atoms with Crippen LogP contribution >= 0.6 is 0 Å². The molecule has 0 radical (unpaired) electrons. The lowest BCUT2D eigenvalue weighted by Gasteiger charge is -2.08. The Morgan fingerprint density at radius 2 is 1.69 bits per heavy atom. The Hall–Kier alpha value is -3.48. The Kier molecular flexibility index (Phi) is 5.72. The molecule has 1 aromatic carbocycles. The van der Waals surface area contributed by atoms with Gasteiger partial charge in [-0.1, -0.05) is 12.1 Å². The summed E-state index contributed by atoms with van der Waals surface area (Å²) in [4.78, 5) is 24.6. The van der Waals surface area contributed by atoms with Crippen LogP contribution in [0.3, 0.4) is 0 Å². The Morgan fingerprint density at radius 1 is 0.962 bits per heavy atom. The minimum Gasteiger partial charge on any atom is -0.497 e. The summed E-state index contributed by atoms with van der Waals surface area (Å²) in [5.74, 6) is 0.951. The Labute approximate surface area is 151 Å². The molecule has 0 bridgehead atoms. The number of ether oxygens (including phenoxy) is 1. The molecule has 3 rings (SSSR count). The predicted octanol–water partition coefficient (Wildman–Crippen LogP) is 2.42. The number of rotatable bonds is 7. The highest BCUT2D eigenvalue weighted by atomic mass is 16.5. The minimum atomic E-state index is -0.253. The van der Waals surface area contributed by atoms with E-state index in [0.29, 0.717) is 24.7 Å². The van der Waals surface area contributed by atoms with E-state index in [-0.39, 0.29) is 5.91 Å². The van der Waals surface area contributed by atoms with Gasteiger partial charge in [0.05, 0.1) is 7.11 Å². The molecule has 2 N–H and O–H groups in total. The van der Waals surface area contributed by atoms with Crippen molar-refractivity contribution in [3.05, 3.63) is 77.9 Å². The molecular formula is C19H19N5O2. The third-order valence-corrected chi connectivity index (χ3v) is 3.70. The van der Waals surface area contributed by atoms with Crippen LogP contribution in [0.1, 0.15) is 21.6 Å². The summed E-state index contributed by atoms with van der Waals surface area (Å²) in [6, 6.07) is 13.0. The van der Waals surface area contributed by atoms with Gasteiger partial charge in [0.2, 0.25) is 5.95 Å². The van der Waals surface area contributed by atoms with Crippen LogP contribution < -0.4 is 15.4 Å². The maximum atomic E-state index is 12.3. The van der Waals surface area contributed by atoms with Crippen molar-refractivity contribution in [3.8, 4) is 5.75 Å². The summed E-state index contributed by atoms with van der Waals surface area (Å²) in [5.41, 5.74) is 2.34. The van der Waals surface area contributed by atoms with Crippen molar-refractivity contribution in [1.82, 2.24) is 20.3 Å². The lowest BCUT2D eigenvalue weighted by Crippen LogP contribution is -2.24. The average molecular weight is 349 g/mol. The van der Waals surface area contributed by atoms with Gasteiger partial charge < -0.3 is 15.4 Å². The first-order chi connectivity index (χ1) is 12.7. The van der Waals surface area contributed by atoms with Crippen molar-refractivity contribution < 1.29 is 9.53 Å². The van der Waals surface area contributed by atoms with Crippen LogP contribution in [0.15, 0.2) is 61.1 Å². The quantitative estimate of drug-likeness (QED) is 0.681. The Balaban J connectivity index is 1.57. The highest BCUT2D eigenvalue weighted by Crippen LogP contribution is 2.12. The molecule has 0 unspecified atom stereocenters. The van der Waals surface area contributed by atoms with E-state index in [1.54, 1.807) is 31.8 Å². The van der Waals surface area contributed by atoms with Gasteiger partial charge in [-0.25, -0.2) is 9.97 Å². The molecule has 3 aromatic rings. The molecule has 0 spiro atoms. The summed E-state index contributed by atoms with van der Waals surface area (Å²) in [5, 5.41) is 5.95. The van der Waals surface area contributed by atoms with Gasteiger partial charge in [-0.15, -0.1) is 0 Å². The molecule has 0 saturated carbocycles. The van der Waals surface area contributed by atoms with Crippen LogP contribution in [-0.4, -0.2) is 28.0 Å². The standard InChI is InChI=1S/C19H19N5O2/c1-26-16-4-2-14(3-5-16)13-23-19-21-11-8-17(24-19)18(25)22-12-15-6-9-20-10-7-15/h2-11H,12-13H2,1H3,(H,22,25)(H,21,23,24). The Bertz CT molecular complexity index is 853. The smallest absolute Gasteiger partial charge is 0.270 e. The Morgan fingerprint density at radius 3 is 2.42 bits per heavy atom. The van der Waals surface area contributed by atoms with Gasteiger partial charge in [-0.3, -0.25) is 9.78 Å². The fraction of sp³-hybridized carbons (Fsp3) is 0.158. The SMILES string of the molecule is COc1ccc(CNc2nccc(C(=O)NCc3ccncc3)n2)cc1. The van der Waals surface area contributed by atoms with E-state index in [2.05, 4.69) is 25.6 Å². The number of aromatic nitrogens is 3. The number of benzene rings is 1. The first-order valence-electron chi connectivity index (χ1n) is 8.11. The highest BCUT2D eigenvalue weighted by Gasteiger charge is 2.08. The summed E-state index contributed by atoms with van der Waals surface area (Å²) in [6.07, 6.45) is 4.94. The van der Waals surface area contributed by atoms with E-state index in [4.69, 9.17) is 4.74 Å². The van der Waals surface area contributed by atoms with Crippen molar-refractivity contribution in [2.45, 2.75) is 13.1 Å². The van der Waals surface area contributed by atoms with Gasteiger partial charge in [0, 0.05) is 31.7 Å². The maximum absolute atomic E-state index is 12.3. The van der Waals surface area contributed by atoms with Crippen LogP contribution in [-0.2, 0) is 13.1 Å². The molecule has 132 valence electrons. The normalized spacial score (nSPS) is 10.2. The van der Waals surface area contributed by atoms with Crippen LogP contribution in [0, 0.1) is 0 Å². The molecule has 0 saturated heterocycles. The monoisotopic (exact) mass is 349 g/mol. The van der Waals surface area contributed by atoms with Crippen molar-refractivity contribution in [3.63, 3.8) is 0 Å². The molecule has 0 fully saturated rings. The first-order valence-corrected chi connectivity index (χ1v) is 8.11. The number of anilines is 1. The summed E-state index contributed by atoms with van der Waals surface area (Å²) >= 11 is 0. The lowest BCUT2D eigenvalue weighted by atomic mass is 10.2. The summed E-state index contributed by atoms with van der Waals surface area (Å²) < 4.78 is 5.14. The number of hydrogen-bond acceptors (Lipinski definition) is 6. The number of nitrogens with zero attached hydrogens (tertiary/aromatic N) is 3. The van der Waals surface area contributed by atoms with Crippen molar-refractivity contribution in [1.29, 1.82) is 0 Å². The van der Waals surface area contributed by atoms with Crippen LogP contribution in [0.4, 0.5) is 5.95 Å². The highest BCUT2D eigenvalue weighted by molar-refractivity contribution is 5.92. The van der Waals surface area contributed by atoms with Gasteiger partial charge >= 0.3 is 0 Å². The number of carbonyl (C=O) groups excluding carboxylic acids is 1. The van der Waals surface area contributed by atoms with E-state index in [9.17, 15) is 4.79 Å². The third kappa shape index (κ3) is 4.76. The maximum Gasteiger partial charge on any atom is 0.270 e. The van der Waals surface area contributed by atoms with Crippen LogP contribution in [0.2, 0.25) is 0 Å². The zero-order chi connectivity index (χ0) is 18.2. The van der Waals surface area contributed by atoms with E-state index < -0.39 is 0 Å². The average Bonchev–Trinajstić information content (AvgIpc) is 2.72. The molecule has 0 aliphatic rings. The number of carbonyl (C=O) groups is 1. The van der Waals surface area contributed by atoms with E-state index >= 15 is 0 Å². The van der Waals surface area contributed by atoms with E-state index in [1.165, 1.54) is 0 Å². The van der Waals surface area contributed by atoms with Gasteiger partial charge in [0.25, 0.3) is 5.91 Å². The predicted molar refractivity (Wildman–Crippen MR) is 97.8 cm³/mol. The van der Waals surface area contributed by atoms with Crippen molar-refractivity contribution >= 4 is 11.9 Å². The molecule has 7 heteroatoms. The molecule has 1 amide bonds. The van der Waals surface area contributed by atoms with Crippen LogP contribution in [0.25, 0.3) is 0 Å². The summed E-state index contributed by atoms with van der Waals surface area (Å²) in [7, 11) is 1.63.